The van der Waals surface area contributed by atoms with Crippen LogP contribution >= 0.6 is 12.2 Å². The average molecular weight is 196 g/mol. The molecule has 2 nitrogen and oxygen atoms in total. The summed E-state index contributed by atoms with van der Waals surface area (Å²) >= 11 is 5.04. The van der Waals surface area contributed by atoms with Crippen molar-refractivity contribution < 1.29 is 0 Å². The fourth-order valence-electron chi connectivity index (χ4n) is 2.44. The summed E-state index contributed by atoms with van der Waals surface area (Å²) in [6.07, 6.45) is 7.47. The van der Waals surface area contributed by atoms with Gasteiger partial charge in [0.1, 0.15) is 0 Å². The van der Waals surface area contributed by atoms with Crippen LogP contribution in [0.15, 0.2) is 12.2 Å². The number of hydrogen-bond donors (Lipinski definition) is 2. The fraction of sp³-hybridized carbons (Fsp3) is 0.700. The Bertz CT molecular complexity index is 237. The predicted molar refractivity (Wildman–Crippen MR) is 58.5 cm³/mol. The second kappa shape index (κ2) is 3.66. The van der Waals surface area contributed by atoms with Crippen LogP contribution in [0.3, 0.4) is 0 Å². The molecule has 2 bridgehead atoms. The Morgan fingerprint density at radius 3 is 2.85 bits per heavy atom. The zero-order valence-electron chi connectivity index (χ0n) is 7.92. The highest BCUT2D eigenvalue weighted by atomic mass is 32.1. The van der Waals surface area contributed by atoms with E-state index in [4.69, 9.17) is 12.2 Å². The largest absolute Gasteiger partial charge is 0.366 e. The molecule has 0 amide bonds. The van der Waals surface area contributed by atoms with Crippen molar-refractivity contribution in [2.75, 3.05) is 13.6 Å². The number of thiocarbonyl (C=S) groups is 1. The first-order chi connectivity index (χ1) is 6.29. The van der Waals surface area contributed by atoms with Crippen molar-refractivity contribution in [3.63, 3.8) is 0 Å². The molecule has 1 fully saturated rings. The molecule has 13 heavy (non-hydrogen) atoms. The molecule has 0 saturated heterocycles. The first-order valence-corrected chi connectivity index (χ1v) is 5.34. The van der Waals surface area contributed by atoms with E-state index in [0.717, 1.165) is 29.4 Å². The minimum Gasteiger partial charge on any atom is -0.366 e. The van der Waals surface area contributed by atoms with Gasteiger partial charge in [0.2, 0.25) is 0 Å². The topological polar surface area (TPSA) is 24.1 Å². The summed E-state index contributed by atoms with van der Waals surface area (Å²) in [6.45, 7) is 1.03. The lowest BCUT2D eigenvalue weighted by Crippen LogP contribution is -2.36. The first-order valence-electron chi connectivity index (χ1n) is 4.93. The van der Waals surface area contributed by atoms with Crippen molar-refractivity contribution in [1.29, 1.82) is 0 Å². The van der Waals surface area contributed by atoms with Gasteiger partial charge in [0, 0.05) is 13.6 Å². The van der Waals surface area contributed by atoms with Gasteiger partial charge < -0.3 is 10.6 Å². The van der Waals surface area contributed by atoms with Crippen LogP contribution < -0.4 is 10.6 Å². The maximum Gasteiger partial charge on any atom is 0.166 e. The van der Waals surface area contributed by atoms with E-state index in [1.165, 1.54) is 12.8 Å². The van der Waals surface area contributed by atoms with Crippen LogP contribution in [0.25, 0.3) is 0 Å². The SMILES string of the molecule is CNC(=S)NC[C@@H]1CC2C=CC1C2. The quantitative estimate of drug-likeness (QED) is 0.514. The van der Waals surface area contributed by atoms with Gasteiger partial charge in [-0.25, -0.2) is 0 Å². The first kappa shape index (κ1) is 9.00. The summed E-state index contributed by atoms with van der Waals surface area (Å²) in [5, 5.41) is 6.95. The van der Waals surface area contributed by atoms with Crippen LogP contribution in [0.5, 0.6) is 0 Å². The third-order valence-corrected chi connectivity index (χ3v) is 3.52. The second-order valence-corrected chi connectivity index (χ2v) is 4.41. The lowest BCUT2D eigenvalue weighted by molar-refractivity contribution is 0.442. The van der Waals surface area contributed by atoms with Gasteiger partial charge in [-0.1, -0.05) is 12.2 Å². The molecule has 0 aliphatic heterocycles. The zero-order valence-corrected chi connectivity index (χ0v) is 8.73. The van der Waals surface area contributed by atoms with Crippen molar-refractivity contribution in [2.45, 2.75) is 12.8 Å². The van der Waals surface area contributed by atoms with Crippen molar-refractivity contribution in [2.24, 2.45) is 17.8 Å². The van der Waals surface area contributed by atoms with E-state index >= 15 is 0 Å². The van der Waals surface area contributed by atoms with Crippen LogP contribution in [0, 0.1) is 17.8 Å². The zero-order chi connectivity index (χ0) is 9.26. The molecule has 2 aliphatic rings. The highest BCUT2D eigenvalue weighted by molar-refractivity contribution is 7.80. The number of fused-ring (bicyclic) bond motifs is 2. The number of nitrogens with one attached hydrogen (secondary N) is 2. The molecule has 0 heterocycles. The monoisotopic (exact) mass is 196 g/mol. The molecule has 2 unspecified atom stereocenters. The van der Waals surface area contributed by atoms with Crippen molar-refractivity contribution >= 4 is 17.3 Å². The molecule has 0 aromatic carbocycles. The minimum atomic E-state index is 0.770. The molecule has 72 valence electrons. The van der Waals surface area contributed by atoms with Gasteiger partial charge in [0.15, 0.2) is 5.11 Å². The number of rotatable bonds is 2. The number of hydrogen-bond acceptors (Lipinski definition) is 1. The lowest BCUT2D eigenvalue weighted by atomic mass is 9.94. The molecule has 3 atom stereocenters. The molecule has 1 saturated carbocycles. The fourth-order valence-corrected chi connectivity index (χ4v) is 2.52. The van der Waals surface area contributed by atoms with Gasteiger partial charge in [0.05, 0.1) is 0 Å². The van der Waals surface area contributed by atoms with Crippen LogP contribution in [0.2, 0.25) is 0 Å². The van der Waals surface area contributed by atoms with Gasteiger partial charge >= 0.3 is 0 Å². The second-order valence-electron chi connectivity index (χ2n) is 4.00. The van der Waals surface area contributed by atoms with E-state index in [-0.39, 0.29) is 0 Å². The van der Waals surface area contributed by atoms with E-state index < -0.39 is 0 Å². The average Bonchev–Trinajstić information content (AvgIpc) is 2.74. The smallest absolute Gasteiger partial charge is 0.166 e. The van der Waals surface area contributed by atoms with Crippen molar-refractivity contribution in [3.05, 3.63) is 12.2 Å². The molecule has 2 rings (SSSR count). The van der Waals surface area contributed by atoms with E-state index in [1.54, 1.807) is 0 Å². The molecule has 0 aromatic rings. The molecule has 0 radical (unpaired) electrons. The van der Waals surface area contributed by atoms with Gasteiger partial charge in [-0.15, -0.1) is 0 Å². The summed E-state index contributed by atoms with van der Waals surface area (Å²) < 4.78 is 0. The molecule has 2 aliphatic carbocycles. The normalized spacial score (nSPS) is 35.0. The summed E-state index contributed by atoms with van der Waals surface area (Å²) in [5.74, 6) is 2.48. The summed E-state index contributed by atoms with van der Waals surface area (Å²) in [6, 6.07) is 0. The third kappa shape index (κ3) is 1.85. The molecular weight excluding hydrogens is 180 g/mol. The van der Waals surface area contributed by atoms with Crippen LogP contribution in [0.1, 0.15) is 12.8 Å². The van der Waals surface area contributed by atoms with Gasteiger partial charge in [-0.3, -0.25) is 0 Å². The Hall–Kier alpha value is -0.570. The lowest BCUT2D eigenvalue weighted by Gasteiger charge is -2.19. The standard InChI is InChI=1S/C10H16N2S/c1-11-10(13)12-6-9-5-7-2-3-8(9)4-7/h2-3,7-9H,4-6H2,1H3,(H2,11,12,13)/t7?,8?,9-/m0/s1. The Morgan fingerprint density at radius 2 is 2.31 bits per heavy atom. The Morgan fingerprint density at radius 1 is 1.46 bits per heavy atom. The van der Waals surface area contributed by atoms with E-state index in [0.29, 0.717) is 0 Å². The van der Waals surface area contributed by atoms with E-state index in [9.17, 15) is 0 Å². The van der Waals surface area contributed by atoms with Crippen LogP contribution in [-0.2, 0) is 0 Å². The van der Waals surface area contributed by atoms with Crippen molar-refractivity contribution in [3.8, 4) is 0 Å². The molecule has 0 aromatic heterocycles. The summed E-state index contributed by atoms with van der Waals surface area (Å²) in [7, 11) is 1.86. The molecule has 3 heteroatoms. The Balaban J connectivity index is 1.78. The minimum absolute atomic E-state index is 0.770. The summed E-state index contributed by atoms with van der Waals surface area (Å²) in [5.41, 5.74) is 0. The van der Waals surface area contributed by atoms with Gasteiger partial charge in [-0.2, -0.15) is 0 Å². The van der Waals surface area contributed by atoms with Crippen LogP contribution in [-0.4, -0.2) is 18.7 Å². The Labute approximate surface area is 84.8 Å². The van der Waals surface area contributed by atoms with Crippen LogP contribution in [0.4, 0.5) is 0 Å². The number of allylic oxidation sites excluding steroid dienone is 2. The third-order valence-electron chi connectivity index (χ3n) is 3.17. The maximum atomic E-state index is 5.04. The predicted octanol–water partition coefficient (Wildman–Crippen LogP) is 1.29. The highest BCUT2D eigenvalue weighted by Gasteiger charge is 2.35. The summed E-state index contributed by atoms with van der Waals surface area (Å²) in [4.78, 5) is 0. The molecule has 0 spiro atoms. The highest BCUT2D eigenvalue weighted by Crippen LogP contribution is 2.42. The van der Waals surface area contributed by atoms with Crippen molar-refractivity contribution in [1.82, 2.24) is 10.6 Å². The van der Waals surface area contributed by atoms with Gasteiger partial charge in [-0.05, 0) is 42.8 Å². The molecular formula is C10H16N2S. The van der Waals surface area contributed by atoms with Gasteiger partial charge in [0.25, 0.3) is 0 Å². The van der Waals surface area contributed by atoms with E-state index in [2.05, 4.69) is 22.8 Å². The van der Waals surface area contributed by atoms with E-state index in [1.807, 2.05) is 7.05 Å². The Kier molecular flexibility index (Phi) is 2.54. The molecule has 2 N–H and O–H groups in total. The maximum absolute atomic E-state index is 5.04.